The Kier molecular flexibility index (Phi) is 5.27. The van der Waals surface area contributed by atoms with Crippen LogP contribution in [0.2, 0.25) is 0 Å². The van der Waals surface area contributed by atoms with Gasteiger partial charge < -0.3 is 14.9 Å². The van der Waals surface area contributed by atoms with E-state index in [0.717, 1.165) is 0 Å². The van der Waals surface area contributed by atoms with Crippen LogP contribution in [0.15, 0.2) is 0 Å². The number of alkyl halides is 3. The van der Waals surface area contributed by atoms with Crippen molar-refractivity contribution in [3.05, 3.63) is 0 Å². The molecule has 13 heavy (non-hydrogen) atoms. The Bertz CT molecular complexity index is 137. The van der Waals surface area contributed by atoms with Crippen LogP contribution in [0.25, 0.3) is 0 Å². The first-order valence-electron chi connectivity index (χ1n) is 3.79. The summed E-state index contributed by atoms with van der Waals surface area (Å²) in [5, 5.41) is 17.5. The van der Waals surface area contributed by atoms with Crippen LogP contribution in [0.1, 0.15) is 12.8 Å². The summed E-state index contributed by atoms with van der Waals surface area (Å²) >= 11 is 0. The molecule has 0 rings (SSSR count). The number of halogens is 3. The number of methoxy groups -OCH3 is 1. The molecule has 2 unspecified atom stereocenters. The van der Waals surface area contributed by atoms with Crippen LogP contribution in [-0.4, -0.2) is 42.3 Å². The molecule has 0 bridgehead atoms. The Morgan fingerprint density at radius 2 is 1.77 bits per heavy atom. The molecular formula is C7H13F3O3. The van der Waals surface area contributed by atoms with Gasteiger partial charge in [-0.25, -0.2) is 0 Å². The number of ether oxygens (including phenoxy) is 1. The summed E-state index contributed by atoms with van der Waals surface area (Å²) in [6, 6.07) is 0. The average molecular weight is 202 g/mol. The number of rotatable bonds is 5. The molecule has 0 aliphatic heterocycles. The Morgan fingerprint density at radius 3 is 2.15 bits per heavy atom. The number of aliphatic hydroxyl groups is 2. The largest absolute Gasteiger partial charge is 0.414 e. The number of hydrogen-bond acceptors (Lipinski definition) is 3. The van der Waals surface area contributed by atoms with Crippen LogP contribution in [0.5, 0.6) is 0 Å². The maximum absolute atomic E-state index is 11.7. The van der Waals surface area contributed by atoms with E-state index in [9.17, 15) is 13.2 Å². The summed E-state index contributed by atoms with van der Waals surface area (Å²) in [5.41, 5.74) is 0. The second kappa shape index (κ2) is 5.41. The van der Waals surface area contributed by atoms with Crippen molar-refractivity contribution in [2.45, 2.75) is 31.2 Å². The van der Waals surface area contributed by atoms with Crippen molar-refractivity contribution in [1.82, 2.24) is 0 Å². The minimum absolute atomic E-state index is 0.0232. The van der Waals surface area contributed by atoms with E-state index in [-0.39, 0.29) is 13.0 Å². The van der Waals surface area contributed by atoms with E-state index < -0.39 is 24.8 Å². The highest BCUT2D eigenvalue weighted by molar-refractivity contribution is 4.67. The van der Waals surface area contributed by atoms with Crippen LogP contribution in [0.3, 0.4) is 0 Å². The molecular weight excluding hydrogens is 189 g/mol. The zero-order chi connectivity index (χ0) is 10.5. The van der Waals surface area contributed by atoms with Gasteiger partial charge >= 0.3 is 6.18 Å². The van der Waals surface area contributed by atoms with E-state index in [1.54, 1.807) is 0 Å². The van der Waals surface area contributed by atoms with E-state index >= 15 is 0 Å². The van der Waals surface area contributed by atoms with Gasteiger partial charge in [0.25, 0.3) is 0 Å². The fourth-order valence-electron chi connectivity index (χ4n) is 0.790. The van der Waals surface area contributed by atoms with Gasteiger partial charge in [-0.05, 0) is 12.8 Å². The molecule has 0 aromatic carbocycles. The lowest BCUT2D eigenvalue weighted by Gasteiger charge is -2.16. The molecule has 80 valence electrons. The molecule has 3 nitrogen and oxygen atoms in total. The summed E-state index contributed by atoms with van der Waals surface area (Å²) in [4.78, 5) is 0. The van der Waals surface area contributed by atoms with Crippen molar-refractivity contribution in [3.63, 3.8) is 0 Å². The van der Waals surface area contributed by atoms with Crippen LogP contribution in [0, 0.1) is 0 Å². The highest BCUT2D eigenvalue weighted by atomic mass is 19.4. The topological polar surface area (TPSA) is 49.7 Å². The first-order valence-corrected chi connectivity index (χ1v) is 3.79. The molecule has 0 aromatic heterocycles. The van der Waals surface area contributed by atoms with Crippen LogP contribution in [0.4, 0.5) is 13.2 Å². The van der Waals surface area contributed by atoms with Gasteiger partial charge in [0.1, 0.15) is 6.10 Å². The van der Waals surface area contributed by atoms with Gasteiger partial charge in [-0.15, -0.1) is 0 Å². The zero-order valence-electron chi connectivity index (χ0n) is 7.21. The third-order valence-electron chi connectivity index (χ3n) is 1.51. The highest BCUT2D eigenvalue weighted by Gasteiger charge is 2.37. The van der Waals surface area contributed by atoms with Crippen LogP contribution in [-0.2, 0) is 4.74 Å². The molecule has 0 saturated heterocycles. The second-order valence-corrected chi connectivity index (χ2v) is 2.74. The maximum Gasteiger partial charge on any atom is 0.414 e. The van der Waals surface area contributed by atoms with Gasteiger partial charge in [0.2, 0.25) is 0 Å². The monoisotopic (exact) mass is 202 g/mol. The standard InChI is InChI=1S/C7H13F3O3/c1-13-4-5(11)2-3-6(12)7(8,9)10/h5-6,11-12H,2-4H2,1H3. The quantitative estimate of drug-likeness (QED) is 0.689. The Labute approximate surface area is 74.1 Å². The van der Waals surface area contributed by atoms with Crippen molar-refractivity contribution in [1.29, 1.82) is 0 Å². The van der Waals surface area contributed by atoms with E-state index in [1.165, 1.54) is 7.11 Å². The lowest BCUT2D eigenvalue weighted by molar-refractivity contribution is -0.206. The summed E-state index contributed by atoms with van der Waals surface area (Å²) in [7, 11) is 1.34. The summed E-state index contributed by atoms with van der Waals surface area (Å²) in [5.74, 6) is 0. The smallest absolute Gasteiger partial charge is 0.391 e. The fourth-order valence-corrected chi connectivity index (χ4v) is 0.790. The SMILES string of the molecule is COCC(O)CCC(O)C(F)(F)F. The predicted molar refractivity (Wildman–Crippen MR) is 39.2 cm³/mol. The van der Waals surface area contributed by atoms with Crippen molar-refractivity contribution in [3.8, 4) is 0 Å². The van der Waals surface area contributed by atoms with Crippen molar-refractivity contribution in [2.24, 2.45) is 0 Å². The van der Waals surface area contributed by atoms with Crippen molar-refractivity contribution in [2.75, 3.05) is 13.7 Å². The molecule has 2 N–H and O–H groups in total. The molecule has 0 aromatic rings. The Balaban J connectivity index is 3.63. The zero-order valence-corrected chi connectivity index (χ0v) is 7.21. The molecule has 0 aliphatic rings. The maximum atomic E-state index is 11.7. The lowest BCUT2D eigenvalue weighted by atomic mass is 10.1. The van der Waals surface area contributed by atoms with Crippen molar-refractivity contribution >= 4 is 0 Å². The molecule has 0 spiro atoms. The lowest BCUT2D eigenvalue weighted by Crippen LogP contribution is -2.30. The molecule has 0 aliphatic carbocycles. The van der Waals surface area contributed by atoms with Gasteiger partial charge in [-0.1, -0.05) is 0 Å². The van der Waals surface area contributed by atoms with Gasteiger partial charge in [-0.3, -0.25) is 0 Å². The molecule has 0 heterocycles. The predicted octanol–water partition coefficient (Wildman–Crippen LogP) is 0.697. The van der Waals surface area contributed by atoms with Crippen molar-refractivity contribution < 1.29 is 28.1 Å². The molecule has 2 atom stereocenters. The Hall–Kier alpha value is -0.330. The van der Waals surface area contributed by atoms with Gasteiger partial charge in [0.15, 0.2) is 0 Å². The minimum Gasteiger partial charge on any atom is -0.391 e. The van der Waals surface area contributed by atoms with Gasteiger partial charge in [0.05, 0.1) is 12.7 Å². The van der Waals surface area contributed by atoms with Crippen LogP contribution >= 0.6 is 0 Å². The summed E-state index contributed by atoms with van der Waals surface area (Å²) < 4.78 is 39.7. The van der Waals surface area contributed by atoms with E-state index in [4.69, 9.17) is 10.2 Å². The van der Waals surface area contributed by atoms with Crippen LogP contribution < -0.4 is 0 Å². The normalized spacial score (nSPS) is 17.1. The average Bonchev–Trinajstić information content (AvgIpc) is 1.99. The first-order chi connectivity index (χ1) is 5.88. The summed E-state index contributed by atoms with van der Waals surface area (Å²) in [6.45, 7) is -0.0232. The number of aliphatic hydroxyl groups excluding tert-OH is 2. The molecule has 0 radical (unpaired) electrons. The second-order valence-electron chi connectivity index (χ2n) is 2.74. The third-order valence-corrected chi connectivity index (χ3v) is 1.51. The Morgan fingerprint density at radius 1 is 1.23 bits per heavy atom. The first kappa shape index (κ1) is 12.7. The molecule has 0 saturated carbocycles. The molecule has 0 fully saturated rings. The van der Waals surface area contributed by atoms with Gasteiger partial charge in [-0.2, -0.15) is 13.2 Å². The molecule has 6 heteroatoms. The molecule has 0 amide bonds. The summed E-state index contributed by atoms with van der Waals surface area (Å²) in [6.07, 6.45) is -8.56. The van der Waals surface area contributed by atoms with E-state index in [2.05, 4.69) is 4.74 Å². The minimum atomic E-state index is -4.60. The third kappa shape index (κ3) is 5.84. The van der Waals surface area contributed by atoms with E-state index in [0.29, 0.717) is 0 Å². The number of hydrogen-bond donors (Lipinski definition) is 2. The highest BCUT2D eigenvalue weighted by Crippen LogP contribution is 2.23. The van der Waals surface area contributed by atoms with Gasteiger partial charge in [0, 0.05) is 7.11 Å². The van der Waals surface area contributed by atoms with E-state index in [1.807, 2.05) is 0 Å². The fraction of sp³-hybridized carbons (Fsp3) is 1.00.